The van der Waals surface area contributed by atoms with Crippen LogP contribution in [0.2, 0.25) is 0 Å². The standard InChI is InChI=1S/C12H13FN2O/c1-15-6-5-9(8-15)16-12-4-2-3-11(13)10(12)7-14/h2-4,9H,5-6,8H2,1H3. The molecule has 0 spiro atoms. The molecule has 4 heteroatoms. The van der Waals surface area contributed by atoms with Crippen LogP contribution in [0.25, 0.3) is 0 Å². The van der Waals surface area contributed by atoms with Gasteiger partial charge in [0.1, 0.15) is 29.3 Å². The molecule has 0 amide bonds. The number of hydrogen-bond acceptors (Lipinski definition) is 3. The van der Waals surface area contributed by atoms with Crippen LogP contribution in [0.5, 0.6) is 5.75 Å². The number of rotatable bonds is 2. The van der Waals surface area contributed by atoms with E-state index in [9.17, 15) is 4.39 Å². The molecule has 2 rings (SSSR count). The van der Waals surface area contributed by atoms with E-state index in [0.717, 1.165) is 19.5 Å². The fourth-order valence-corrected chi connectivity index (χ4v) is 1.88. The Bertz CT molecular complexity index is 428. The van der Waals surface area contributed by atoms with Crippen molar-refractivity contribution in [3.63, 3.8) is 0 Å². The zero-order valence-electron chi connectivity index (χ0n) is 9.11. The van der Waals surface area contributed by atoms with Gasteiger partial charge in [-0.05, 0) is 25.6 Å². The molecule has 1 unspecified atom stereocenters. The van der Waals surface area contributed by atoms with Crippen LogP contribution >= 0.6 is 0 Å². The van der Waals surface area contributed by atoms with E-state index in [4.69, 9.17) is 10.00 Å². The van der Waals surface area contributed by atoms with E-state index < -0.39 is 5.82 Å². The lowest BCUT2D eigenvalue weighted by atomic mass is 10.2. The highest BCUT2D eigenvalue weighted by atomic mass is 19.1. The molecule has 3 nitrogen and oxygen atoms in total. The molecule has 0 saturated carbocycles. The van der Waals surface area contributed by atoms with Crippen molar-refractivity contribution in [3.8, 4) is 11.8 Å². The fourth-order valence-electron chi connectivity index (χ4n) is 1.88. The van der Waals surface area contributed by atoms with Gasteiger partial charge in [-0.2, -0.15) is 5.26 Å². The highest BCUT2D eigenvalue weighted by Gasteiger charge is 2.22. The van der Waals surface area contributed by atoms with Gasteiger partial charge in [-0.1, -0.05) is 6.07 Å². The van der Waals surface area contributed by atoms with Gasteiger partial charge in [-0.3, -0.25) is 0 Å². The van der Waals surface area contributed by atoms with Crippen molar-refractivity contribution in [1.29, 1.82) is 5.26 Å². The van der Waals surface area contributed by atoms with E-state index in [1.54, 1.807) is 12.1 Å². The zero-order valence-corrected chi connectivity index (χ0v) is 9.11. The summed E-state index contributed by atoms with van der Waals surface area (Å²) in [6.07, 6.45) is 0.969. The molecule has 84 valence electrons. The highest BCUT2D eigenvalue weighted by molar-refractivity contribution is 5.43. The molecule has 0 aliphatic carbocycles. The average Bonchev–Trinajstić information content (AvgIpc) is 2.64. The van der Waals surface area contributed by atoms with Crippen LogP contribution in [0.3, 0.4) is 0 Å². The molecule has 1 heterocycles. The summed E-state index contributed by atoms with van der Waals surface area (Å²) in [7, 11) is 2.01. The number of halogens is 1. The Kier molecular flexibility index (Phi) is 3.07. The van der Waals surface area contributed by atoms with Crippen LogP contribution in [0, 0.1) is 17.1 Å². The molecule has 0 radical (unpaired) electrons. The first kappa shape index (κ1) is 10.9. The van der Waals surface area contributed by atoms with E-state index in [2.05, 4.69) is 4.90 Å². The monoisotopic (exact) mass is 220 g/mol. The SMILES string of the molecule is CN1CCC(Oc2cccc(F)c2C#N)C1. The molecule has 1 fully saturated rings. The number of hydrogen-bond donors (Lipinski definition) is 0. The van der Waals surface area contributed by atoms with Gasteiger partial charge in [-0.15, -0.1) is 0 Å². The topological polar surface area (TPSA) is 36.3 Å². The molecule has 1 aliphatic rings. The normalized spacial score (nSPS) is 20.7. The van der Waals surface area contributed by atoms with Gasteiger partial charge in [0.05, 0.1) is 0 Å². The van der Waals surface area contributed by atoms with Gasteiger partial charge in [0.25, 0.3) is 0 Å². The van der Waals surface area contributed by atoms with Crippen LogP contribution in [-0.2, 0) is 0 Å². The molecule has 0 bridgehead atoms. The summed E-state index contributed by atoms with van der Waals surface area (Å²) < 4.78 is 18.9. The second-order valence-electron chi connectivity index (χ2n) is 4.02. The predicted molar refractivity (Wildman–Crippen MR) is 57.6 cm³/mol. The first-order chi connectivity index (χ1) is 7.70. The molecule has 0 N–H and O–H groups in total. The third kappa shape index (κ3) is 2.15. The average molecular weight is 220 g/mol. The van der Waals surface area contributed by atoms with Crippen LogP contribution < -0.4 is 4.74 Å². The number of likely N-dealkylation sites (tertiary alicyclic amines) is 1. The lowest BCUT2D eigenvalue weighted by Gasteiger charge is -2.14. The largest absolute Gasteiger partial charge is 0.488 e. The maximum Gasteiger partial charge on any atom is 0.144 e. The van der Waals surface area contributed by atoms with Crippen LogP contribution in [0.4, 0.5) is 4.39 Å². The second-order valence-corrected chi connectivity index (χ2v) is 4.02. The predicted octanol–water partition coefficient (Wildman–Crippen LogP) is 1.78. The van der Waals surface area contributed by atoms with Gasteiger partial charge in [-0.25, -0.2) is 4.39 Å². The Morgan fingerprint density at radius 2 is 2.38 bits per heavy atom. The van der Waals surface area contributed by atoms with E-state index in [-0.39, 0.29) is 11.7 Å². The second kappa shape index (κ2) is 4.50. The van der Waals surface area contributed by atoms with Crippen molar-refractivity contribution < 1.29 is 9.13 Å². The molecule has 0 aromatic heterocycles. The molecule has 16 heavy (non-hydrogen) atoms. The van der Waals surface area contributed by atoms with E-state index >= 15 is 0 Å². The maximum atomic E-state index is 13.3. The lowest BCUT2D eigenvalue weighted by molar-refractivity contribution is 0.207. The van der Waals surface area contributed by atoms with E-state index in [1.807, 2.05) is 13.1 Å². The lowest BCUT2D eigenvalue weighted by Crippen LogP contribution is -2.21. The molecule has 1 atom stereocenters. The molecular formula is C12H13FN2O. The highest BCUT2D eigenvalue weighted by Crippen LogP contribution is 2.23. The van der Waals surface area contributed by atoms with E-state index in [1.165, 1.54) is 6.07 Å². The minimum Gasteiger partial charge on any atom is -0.488 e. The summed E-state index contributed by atoms with van der Waals surface area (Å²) in [4.78, 5) is 2.15. The Balaban J connectivity index is 2.16. The van der Waals surface area contributed by atoms with Crippen molar-refractivity contribution >= 4 is 0 Å². The Morgan fingerprint density at radius 3 is 3.00 bits per heavy atom. The summed E-state index contributed by atoms with van der Waals surface area (Å²) in [6, 6.07) is 6.30. The van der Waals surface area contributed by atoms with Gasteiger partial charge >= 0.3 is 0 Å². The van der Waals surface area contributed by atoms with E-state index in [0.29, 0.717) is 5.75 Å². The van der Waals surface area contributed by atoms with Gasteiger partial charge in [0, 0.05) is 13.1 Å². The van der Waals surface area contributed by atoms with Crippen molar-refractivity contribution in [1.82, 2.24) is 4.90 Å². The first-order valence-electron chi connectivity index (χ1n) is 5.24. The Hall–Kier alpha value is -1.60. The fraction of sp³-hybridized carbons (Fsp3) is 0.417. The number of ether oxygens (including phenoxy) is 1. The van der Waals surface area contributed by atoms with Crippen molar-refractivity contribution in [2.45, 2.75) is 12.5 Å². The third-order valence-electron chi connectivity index (χ3n) is 2.73. The summed E-state index contributed by atoms with van der Waals surface area (Å²) in [5.41, 5.74) is -0.00273. The summed E-state index contributed by atoms with van der Waals surface area (Å²) in [5.74, 6) is -0.172. The first-order valence-corrected chi connectivity index (χ1v) is 5.24. The number of benzene rings is 1. The zero-order chi connectivity index (χ0) is 11.5. The molecule has 1 aromatic carbocycles. The Labute approximate surface area is 94.0 Å². The summed E-state index contributed by atoms with van der Waals surface area (Å²) in [5, 5.41) is 8.84. The van der Waals surface area contributed by atoms with Crippen LogP contribution in [-0.4, -0.2) is 31.1 Å². The summed E-state index contributed by atoms with van der Waals surface area (Å²) >= 11 is 0. The van der Waals surface area contributed by atoms with Gasteiger partial charge in [0.15, 0.2) is 0 Å². The van der Waals surface area contributed by atoms with Crippen LogP contribution in [0.1, 0.15) is 12.0 Å². The maximum absolute atomic E-state index is 13.3. The smallest absolute Gasteiger partial charge is 0.144 e. The van der Waals surface area contributed by atoms with Crippen molar-refractivity contribution in [3.05, 3.63) is 29.6 Å². The number of likely N-dealkylation sites (N-methyl/N-ethyl adjacent to an activating group) is 1. The molecule has 1 aromatic rings. The molecular weight excluding hydrogens is 207 g/mol. The quantitative estimate of drug-likeness (QED) is 0.762. The minimum atomic E-state index is -0.522. The Morgan fingerprint density at radius 1 is 1.56 bits per heavy atom. The minimum absolute atomic E-state index is 0.00273. The summed E-state index contributed by atoms with van der Waals surface area (Å²) in [6.45, 7) is 1.79. The van der Waals surface area contributed by atoms with Crippen LogP contribution in [0.15, 0.2) is 18.2 Å². The third-order valence-corrected chi connectivity index (χ3v) is 2.73. The van der Waals surface area contributed by atoms with Gasteiger partial charge in [0.2, 0.25) is 0 Å². The van der Waals surface area contributed by atoms with Gasteiger partial charge < -0.3 is 9.64 Å². The molecule has 1 saturated heterocycles. The number of nitriles is 1. The molecule has 1 aliphatic heterocycles. The number of nitrogens with zero attached hydrogens (tertiary/aromatic N) is 2. The van der Waals surface area contributed by atoms with Crippen molar-refractivity contribution in [2.75, 3.05) is 20.1 Å². The van der Waals surface area contributed by atoms with Crippen molar-refractivity contribution in [2.24, 2.45) is 0 Å².